The van der Waals surface area contributed by atoms with Crippen LogP contribution in [0, 0.1) is 6.92 Å². The summed E-state index contributed by atoms with van der Waals surface area (Å²) in [4.78, 5) is 6.32. The fourth-order valence-corrected chi connectivity index (χ4v) is 1.52. The largest absolute Gasteiger partial charge is 0.392 e. The zero-order chi connectivity index (χ0) is 11.4. The molecule has 1 unspecified atom stereocenters. The molecule has 0 saturated heterocycles. The summed E-state index contributed by atoms with van der Waals surface area (Å²) >= 11 is 0. The van der Waals surface area contributed by atoms with Crippen molar-refractivity contribution in [1.29, 1.82) is 0 Å². The Morgan fingerprint density at radius 2 is 2.20 bits per heavy atom. The molecular formula is C11H19N3O. The number of anilines is 1. The summed E-state index contributed by atoms with van der Waals surface area (Å²) in [5.74, 6) is 0.858. The molecule has 1 heterocycles. The van der Waals surface area contributed by atoms with Gasteiger partial charge in [0.2, 0.25) is 0 Å². The molecule has 0 spiro atoms. The number of aryl methyl sites for hydroxylation is 1. The minimum absolute atomic E-state index is 0.362. The normalized spacial score (nSPS) is 12.6. The van der Waals surface area contributed by atoms with Crippen LogP contribution in [0.2, 0.25) is 0 Å². The maximum Gasteiger partial charge on any atom is 0.128 e. The number of hydrogen-bond donors (Lipinski definition) is 2. The van der Waals surface area contributed by atoms with Crippen molar-refractivity contribution in [3.05, 3.63) is 23.4 Å². The summed E-state index contributed by atoms with van der Waals surface area (Å²) in [6, 6.07) is 3.93. The average molecular weight is 209 g/mol. The van der Waals surface area contributed by atoms with Crippen molar-refractivity contribution < 1.29 is 5.11 Å². The fourth-order valence-electron chi connectivity index (χ4n) is 1.52. The van der Waals surface area contributed by atoms with Crippen LogP contribution in [0.4, 0.5) is 5.82 Å². The molecule has 0 fully saturated rings. The molecule has 0 radical (unpaired) electrons. The Hall–Kier alpha value is -1.13. The number of aromatic nitrogens is 1. The second kappa shape index (κ2) is 5.09. The number of hydrogen-bond acceptors (Lipinski definition) is 4. The SMILES string of the molecule is Cc1cc(CN)cc(N(C)CC(C)O)n1. The van der Waals surface area contributed by atoms with E-state index in [-0.39, 0.29) is 6.10 Å². The van der Waals surface area contributed by atoms with Gasteiger partial charge in [-0.2, -0.15) is 0 Å². The quantitative estimate of drug-likeness (QED) is 0.765. The van der Waals surface area contributed by atoms with E-state index in [0.717, 1.165) is 17.1 Å². The highest BCUT2D eigenvalue weighted by molar-refractivity contribution is 5.41. The van der Waals surface area contributed by atoms with Crippen molar-refractivity contribution >= 4 is 5.82 Å². The molecule has 84 valence electrons. The molecule has 4 heteroatoms. The van der Waals surface area contributed by atoms with E-state index in [1.165, 1.54) is 0 Å². The zero-order valence-electron chi connectivity index (χ0n) is 9.57. The van der Waals surface area contributed by atoms with Gasteiger partial charge in [0.1, 0.15) is 5.82 Å². The van der Waals surface area contributed by atoms with Crippen molar-refractivity contribution in [2.24, 2.45) is 5.73 Å². The van der Waals surface area contributed by atoms with Crippen LogP contribution in [0.3, 0.4) is 0 Å². The summed E-state index contributed by atoms with van der Waals surface area (Å²) in [6.07, 6.45) is -0.362. The van der Waals surface area contributed by atoms with Gasteiger partial charge in [0.05, 0.1) is 6.10 Å². The van der Waals surface area contributed by atoms with Gasteiger partial charge in [-0.3, -0.25) is 0 Å². The molecule has 1 aromatic heterocycles. The summed E-state index contributed by atoms with van der Waals surface area (Å²) in [6.45, 7) is 4.79. The molecule has 1 atom stereocenters. The lowest BCUT2D eigenvalue weighted by molar-refractivity contribution is 0.201. The minimum atomic E-state index is -0.362. The summed E-state index contributed by atoms with van der Waals surface area (Å²) in [7, 11) is 1.91. The zero-order valence-corrected chi connectivity index (χ0v) is 9.57. The first-order valence-electron chi connectivity index (χ1n) is 5.09. The number of nitrogens with zero attached hydrogens (tertiary/aromatic N) is 2. The molecule has 1 aromatic rings. The number of rotatable bonds is 4. The number of likely N-dealkylation sites (N-methyl/N-ethyl adjacent to an activating group) is 1. The van der Waals surface area contributed by atoms with Gasteiger partial charge in [-0.1, -0.05) is 0 Å². The maximum absolute atomic E-state index is 9.29. The Morgan fingerprint density at radius 1 is 1.53 bits per heavy atom. The van der Waals surface area contributed by atoms with E-state index in [9.17, 15) is 5.11 Å². The Morgan fingerprint density at radius 3 is 2.73 bits per heavy atom. The molecule has 0 saturated carbocycles. The molecule has 0 aromatic carbocycles. The second-order valence-electron chi connectivity index (χ2n) is 3.91. The van der Waals surface area contributed by atoms with Crippen LogP contribution in [0.25, 0.3) is 0 Å². The molecular weight excluding hydrogens is 190 g/mol. The van der Waals surface area contributed by atoms with Crippen LogP contribution >= 0.6 is 0 Å². The standard InChI is InChI=1S/C11H19N3O/c1-8-4-10(6-12)5-11(13-8)14(3)7-9(2)15/h4-5,9,15H,6-7,12H2,1-3H3. The Balaban J connectivity index is 2.88. The first-order chi connectivity index (χ1) is 7.02. The molecule has 1 rings (SSSR count). The number of nitrogens with two attached hydrogens (primary N) is 1. The van der Waals surface area contributed by atoms with Crippen molar-refractivity contribution in [2.45, 2.75) is 26.5 Å². The monoisotopic (exact) mass is 209 g/mol. The van der Waals surface area contributed by atoms with E-state index in [2.05, 4.69) is 4.98 Å². The van der Waals surface area contributed by atoms with Crippen LogP contribution in [0.5, 0.6) is 0 Å². The third-order valence-electron chi connectivity index (χ3n) is 2.16. The molecule has 15 heavy (non-hydrogen) atoms. The van der Waals surface area contributed by atoms with E-state index in [1.54, 1.807) is 6.92 Å². The molecule has 3 N–H and O–H groups in total. The smallest absolute Gasteiger partial charge is 0.128 e. The Bertz CT molecular complexity index is 326. The third kappa shape index (κ3) is 3.49. The average Bonchev–Trinajstić information content (AvgIpc) is 2.15. The Labute approximate surface area is 90.7 Å². The van der Waals surface area contributed by atoms with E-state index in [1.807, 2.05) is 31.0 Å². The molecule has 4 nitrogen and oxygen atoms in total. The summed E-state index contributed by atoms with van der Waals surface area (Å²) in [5.41, 5.74) is 7.61. The number of pyridine rings is 1. The molecule has 0 bridgehead atoms. The van der Waals surface area contributed by atoms with Gasteiger partial charge in [0.25, 0.3) is 0 Å². The van der Waals surface area contributed by atoms with Crippen LogP contribution in [-0.4, -0.2) is 29.8 Å². The first kappa shape index (κ1) is 11.9. The lowest BCUT2D eigenvalue weighted by atomic mass is 10.2. The van der Waals surface area contributed by atoms with Gasteiger partial charge < -0.3 is 15.7 Å². The van der Waals surface area contributed by atoms with Gasteiger partial charge in [0.15, 0.2) is 0 Å². The third-order valence-corrected chi connectivity index (χ3v) is 2.16. The highest BCUT2D eigenvalue weighted by Gasteiger charge is 2.07. The van der Waals surface area contributed by atoms with Gasteiger partial charge in [-0.15, -0.1) is 0 Å². The lowest BCUT2D eigenvalue weighted by Gasteiger charge is -2.20. The topological polar surface area (TPSA) is 62.4 Å². The van der Waals surface area contributed by atoms with Crippen molar-refractivity contribution in [3.8, 4) is 0 Å². The Kier molecular flexibility index (Phi) is 4.05. The van der Waals surface area contributed by atoms with E-state index < -0.39 is 0 Å². The van der Waals surface area contributed by atoms with Crippen molar-refractivity contribution in [1.82, 2.24) is 4.98 Å². The van der Waals surface area contributed by atoms with Gasteiger partial charge in [-0.05, 0) is 31.5 Å². The van der Waals surface area contributed by atoms with Gasteiger partial charge in [-0.25, -0.2) is 4.98 Å². The predicted octanol–water partition coefficient (Wildman–Crippen LogP) is 0.666. The molecule has 0 aliphatic heterocycles. The maximum atomic E-state index is 9.29. The lowest BCUT2D eigenvalue weighted by Crippen LogP contribution is -2.27. The summed E-state index contributed by atoms with van der Waals surface area (Å²) in [5, 5.41) is 9.29. The summed E-state index contributed by atoms with van der Waals surface area (Å²) < 4.78 is 0. The number of aliphatic hydroxyl groups is 1. The molecule has 0 amide bonds. The predicted molar refractivity (Wildman–Crippen MR) is 61.8 cm³/mol. The van der Waals surface area contributed by atoms with E-state index >= 15 is 0 Å². The van der Waals surface area contributed by atoms with Crippen LogP contribution in [0.15, 0.2) is 12.1 Å². The molecule has 0 aliphatic rings. The minimum Gasteiger partial charge on any atom is -0.392 e. The van der Waals surface area contributed by atoms with Gasteiger partial charge >= 0.3 is 0 Å². The van der Waals surface area contributed by atoms with Crippen molar-refractivity contribution in [3.63, 3.8) is 0 Å². The van der Waals surface area contributed by atoms with Crippen LogP contribution < -0.4 is 10.6 Å². The second-order valence-corrected chi connectivity index (χ2v) is 3.91. The van der Waals surface area contributed by atoms with E-state index in [0.29, 0.717) is 13.1 Å². The van der Waals surface area contributed by atoms with E-state index in [4.69, 9.17) is 5.73 Å². The van der Waals surface area contributed by atoms with Crippen LogP contribution in [-0.2, 0) is 6.54 Å². The number of aliphatic hydroxyl groups excluding tert-OH is 1. The molecule has 0 aliphatic carbocycles. The highest BCUT2D eigenvalue weighted by Crippen LogP contribution is 2.13. The van der Waals surface area contributed by atoms with Crippen molar-refractivity contribution in [2.75, 3.05) is 18.5 Å². The van der Waals surface area contributed by atoms with Gasteiger partial charge in [0, 0.05) is 25.8 Å². The van der Waals surface area contributed by atoms with Crippen LogP contribution in [0.1, 0.15) is 18.2 Å². The first-order valence-corrected chi connectivity index (χ1v) is 5.09. The fraction of sp³-hybridized carbons (Fsp3) is 0.545. The highest BCUT2D eigenvalue weighted by atomic mass is 16.3.